The van der Waals surface area contributed by atoms with Gasteiger partial charge in [0, 0.05) is 12.8 Å². The fraction of sp³-hybridized carbons (Fsp3) is 0.900. The Balaban J connectivity index is 4.31. The minimum Gasteiger partial charge on any atom is -0.430 e. The van der Waals surface area contributed by atoms with Crippen molar-refractivity contribution < 1.29 is 19.7 Å². The molecule has 2 unspecified atom stereocenters. The summed E-state index contributed by atoms with van der Waals surface area (Å²) in [7, 11) is 0. The van der Waals surface area contributed by atoms with Crippen molar-refractivity contribution in [3.8, 4) is 0 Å². The summed E-state index contributed by atoms with van der Waals surface area (Å²) in [5.41, 5.74) is 0. The van der Waals surface area contributed by atoms with E-state index in [0.717, 1.165) is 6.42 Å². The highest BCUT2D eigenvalue weighted by Crippen LogP contribution is 2.21. The normalized spacial score (nSPS) is 17.2. The molecule has 0 aromatic carbocycles. The molecule has 0 aliphatic heterocycles. The van der Waals surface area contributed by atoms with E-state index in [1.54, 1.807) is 6.92 Å². The smallest absolute Gasteiger partial charge is 0.308 e. The van der Waals surface area contributed by atoms with E-state index in [9.17, 15) is 15.0 Å². The summed E-state index contributed by atoms with van der Waals surface area (Å²) in [6.45, 7) is 5.02. The SMILES string of the molecule is CCCCC(O)(OC(=O)CC)C(C)O. The lowest BCUT2D eigenvalue weighted by Gasteiger charge is -2.30. The number of rotatable bonds is 6. The highest BCUT2D eigenvalue weighted by Gasteiger charge is 2.35. The Kier molecular flexibility index (Phi) is 5.72. The van der Waals surface area contributed by atoms with Crippen LogP contribution in [0.5, 0.6) is 0 Å². The molecule has 0 saturated carbocycles. The number of hydrogen-bond donors (Lipinski definition) is 2. The molecule has 0 spiro atoms. The number of carbonyl (C=O) groups excluding carboxylic acids is 1. The van der Waals surface area contributed by atoms with E-state index < -0.39 is 17.9 Å². The van der Waals surface area contributed by atoms with E-state index in [-0.39, 0.29) is 12.8 Å². The minimum atomic E-state index is -1.72. The molecule has 0 radical (unpaired) electrons. The van der Waals surface area contributed by atoms with Crippen LogP contribution in [0, 0.1) is 0 Å². The van der Waals surface area contributed by atoms with Gasteiger partial charge in [0.1, 0.15) is 6.10 Å². The van der Waals surface area contributed by atoms with Crippen LogP contribution in [-0.2, 0) is 9.53 Å². The number of esters is 1. The molecule has 2 atom stereocenters. The molecule has 0 aromatic rings. The lowest BCUT2D eigenvalue weighted by atomic mass is 10.0. The first-order valence-electron chi connectivity index (χ1n) is 5.08. The minimum absolute atomic E-state index is 0.196. The fourth-order valence-corrected chi connectivity index (χ4v) is 1.04. The second kappa shape index (κ2) is 5.98. The first-order chi connectivity index (χ1) is 6.46. The van der Waals surface area contributed by atoms with Gasteiger partial charge in [-0.15, -0.1) is 0 Å². The quantitative estimate of drug-likeness (QED) is 0.504. The van der Waals surface area contributed by atoms with E-state index in [1.807, 2.05) is 6.92 Å². The molecule has 0 fully saturated rings. The van der Waals surface area contributed by atoms with Crippen LogP contribution in [0.25, 0.3) is 0 Å². The number of hydrogen-bond acceptors (Lipinski definition) is 4. The van der Waals surface area contributed by atoms with Gasteiger partial charge in [0.15, 0.2) is 0 Å². The van der Waals surface area contributed by atoms with Crippen LogP contribution in [-0.4, -0.2) is 28.1 Å². The molecule has 0 saturated heterocycles. The molecule has 2 N–H and O–H groups in total. The van der Waals surface area contributed by atoms with Crippen molar-refractivity contribution in [3.63, 3.8) is 0 Å². The molecule has 4 nitrogen and oxygen atoms in total. The highest BCUT2D eigenvalue weighted by molar-refractivity contribution is 5.69. The van der Waals surface area contributed by atoms with Crippen LogP contribution in [0.2, 0.25) is 0 Å². The third kappa shape index (κ3) is 4.07. The molecule has 0 heterocycles. The van der Waals surface area contributed by atoms with E-state index in [1.165, 1.54) is 6.92 Å². The summed E-state index contributed by atoms with van der Waals surface area (Å²) in [5, 5.41) is 19.1. The standard InChI is InChI=1S/C10H20O4/c1-4-6-7-10(13,8(3)11)14-9(12)5-2/h8,11,13H,4-7H2,1-3H3. The van der Waals surface area contributed by atoms with Gasteiger partial charge in [-0.05, 0) is 13.3 Å². The summed E-state index contributed by atoms with van der Waals surface area (Å²) < 4.78 is 4.82. The fourth-order valence-electron chi connectivity index (χ4n) is 1.04. The summed E-state index contributed by atoms with van der Waals surface area (Å²) in [5.74, 6) is -2.21. The van der Waals surface area contributed by atoms with Crippen LogP contribution in [0.4, 0.5) is 0 Å². The van der Waals surface area contributed by atoms with Gasteiger partial charge in [-0.1, -0.05) is 20.3 Å². The van der Waals surface area contributed by atoms with E-state index in [4.69, 9.17) is 4.74 Å². The lowest BCUT2D eigenvalue weighted by Crippen LogP contribution is -2.44. The Hall–Kier alpha value is -0.610. The number of ether oxygens (including phenoxy) is 1. The van der Waals surface area contributed by atoms with Crippen molar-refractivity contribution in [1.29, 1.82) is 0 Å². The van der Waals surface area contributed by atoms with Crippen molar-refractivity contribution in [2.75, 3.05) is 0 Å². The molecule has 0 aliphatic rings. The Labute approximate surface area is 84.9 Å². The second-order valence-corrected chi connectivity index (χ2v) is 3.45. The molecule has 0 aliphatic carbocycles. The van der Waals surface area contributed by atoms with Crippen molar-refractivity contribution in [1.82, 2.24) is 0 Å². The van der Waals surface area contributed by atoms with Crippen LogP contribution < -0.4 is 0 Å². The summed E-state index contributed by atoms with van der Waals surface area (Å²) in [6.07, 6.45) is 0.982. The third-order valence-corrected chi connectivity index (χ3v) is 2.12. The van der Waals surface area contributed by atoms with E-state index in [0.29, 0.717) is 6.42 Å². The lowest BCUT2D eigenvalue weighted by molar-refractivity contribution is -0.247. The average Bonchev–Trinajstić information content (AvgIpc) is 2.14. The molecule has 84 valence electrons. The van der Waals surface area contributed by atoms with Crippen molar-refractivity contribution in [3.05, 3.63) is 0 Å². The molecular formula is C10H20O4. The Morgan fingerprint density at radius 3 is 2.43 bits per heavy atom. The van der Waals surface area contributed by atoms with Gasteiger partial charge >= 0.3 is 5.97 Å². The van der Waals surface area contributed by atoms with Crippen LogP contribution in [0.15, 0.2) is 0 Å². The monoisotopic (exact) mass is 204 g/mol. The summed E-state index contributed by atoms with van der Waals surface area (Å²) in [4.78, 5) is 11.0. The zero-order valence-electron chi connectivity index (χ0n) is 9.12. The molecule has 0 amide bonds. The number of aliphatic hydroxyl groups is 2. The maximum absolute atomic E-state index is 11.0. The van der Waals surface area contributed by atoms with Gasteiger partial charge in [-0.3, -0.25) is 4.79 Å². The molecule has 14 heavy (non-hydrogen) atoms. The van der Waals surface area contributed by atoms with E-state index in [2.05, 4.69) is 0 Å². The van der Waals surface area contributed by atoms with Gasteiger partial charge in [0.25, 0.3) is 0 Å². The van der Waals surface area contributed by atoms with Crippen LogP contribution >= 0.6 is 0 Å². The Morgan fingerprint density at radius 1 is 1.50 bits per heavy atom. The molecule has 0 bridgehead atoms. The third-order valence-electron chi connectivity index (χ3n) is 2.12. The number of carbonyl (C=O) groups is 1. The van der Waals surface area contributed by atoms with Crippen LogP contribution in [0.1, 0.15) is 46.5 Å². The van der Waals surface area contributed by atoms with Gasteiger partial charge in [0.2, 0.25) is 5.79 Å². The summed E-state index contributed by atoms with van der Waals surface area (Å²) >= 11 is 0. The summed E-state index contributed by atoms with van der Waals surface area (Å²) in [6, 6.07) is 0. The second-order valence-electron chi connectivity index (χ2n) is 3.45. The zero-order chi connectivity index (χ0) is 11.2. The number of unbranched alkanes of at least 4 members (excludes halogenated alkanes) is 1. The first-order valence-corrected chi connectivity index (χ1v) is 5.08. The molecule has 0 rings (SSSR count). The Morgan fingerprint density at radius 2 is 2.07 bits per heavy atom. The maximum atomic E-state index is 11.0. The topological polar surface area (TPSA) is 66.8 Å². The van der Waals surface area contributed by atoms with Crippen molar-refractivity contribution >= 4 is 5.97 Å². The molecule has 0 aromatic heterocycles. The van der Waals surface area contributed by atoms with Crippen molar-refractivity contribution in [2.24, 2.45) is 0 Å². The van der Waals surface area contributed by atoms with Gasteiger partial charge in [-0.25, -0.2) is 0 Å². The highest BCUT2D eigenvalue weighted by atomic mass is 16.7. The largest absolute Gasteiger partial charge is 0.430 e. The Bertz CT molecular complexity index is 179. The van der Waals surface area contributed by atoms with Gasteiger partial charge in [-0.2, -0.15) is 0 Å². The first kappa shape index (κ1) is 13.4. The zero-order valence-corrected chi connectivity index (χ0v) is 9.12. The predicted octanol–water partition coefficient (Wildman–Crippen LogP) is 1.20. The van der Waals surface area contributed by atoms with Crippen LogP contribution in [0.3, 0.4) is 0 Å². The van der Waals surface area contributed by atoms with Crippen molar-refractivity contribution in [2.45, 2.75) is 58.3 Å². The van der Waals surface area contributed by atoms with Gasteiger partial charge < -0.3 is 14.9 Å². The van der Waals surface area contributed by atoms with Gasteiger partial charge in [0.05, 0.1) is 0 Å². The molecular weight excluding hydrogens is 184 g/mol. The number of aliphatic hydroxyl groups excluding tert-OH is 1. The predicted molar refractivity (Wildman–Crippen MR) is 52.5 cm³/mol. The molecule has 4 heteroatoms. The van der Waals surface area contributed by atoms with E-state index >= 15 is 0 Å². The average molecular weight is 204 g/mol. The maximum Gasteiger partial charge on any atom is 0.308 e.